The first-order valence-corrected chi connectivity index (χ1v) is 15.3. The van der Waals surface area contributed by atoms with E-state index in [2.05, 4.69) is 20.3 Å². The van der Waals surface area contributed by atoms with Crippen LogP contribution in [0.15, 0.2) is 102 Å². The summed E-state index contributed by atoms with van der Waals surface area (Å²) < 4.78 is 13.0. The molecule has 45 heavy (non-hydrogen) atoms. The Morgan fingerprint density at radius 2 is 1.62 bits per heavy atom. The number of ether oxygens (including phenoxy) is 2. The van der Waals surface area contributed by atoms with Crippen molar-refractivity contribution < 1.29 is 29.3 Å². The number of carbonyl (C=O) groups is 2. The van der Waals surface area contributed by atoms with Crippen LogP contribution in [0.5, 0.6) is 0 Å². The number of hydrogen-bond acceptors (Lipinski definition) is 9. The van der Waals surface area contributed by atoms with Gasteiger partial charge in [-0.05, 0) is 47.5 Å². The second-order valence-corrected chi connectivity index (χ2v) is 11.6. The minimum Gasteiger partial charge on any atom is -0.478 e. The van der Waals surface area contributed by atoms with Crippen molar-refractivity contribution in [3.05, 3.63) is 125 Å². The van der Waals surface area contributed by atoms with E-state index in [0.29, 0.717) is 27.5 Å². The fourth-order valence-corrected chi connectivity index (χ4v) is 6.28. The van der Waals surface area contributed by atoms with Crippen LogP contribution in [0.2, 0.25) is 0 Å². The van der Waals surface area contributed by atoms with Gasteiger partial charge >= 0.3 is 5.97 Å². The molecule has 3 aromatic carbocycles. The summed E-state index contributed by atoms with van der Waals surface area (Å²) in [4.78, 5) is 37.6. The molecule has 3 N–H and O–H groups in total. The van der Waals surface area contributed by atoms with Gasteiger partial charge in [-0.15, -0.1) is 11.8 Å². The molecule has 0 radical (unpaired) electrons. The average molecular weight is 623 g/mol. The first kappa shape index (κ1) is 30.4. The lowest BCUT2D eigenvalue weighted by atomic mass is 9.91. The minimum atomic E-state index is -1.04. The zero-order valence-corrected chi connectivity index (χ0v) is 25.1. The van der Waals surface area contributed by atoms with Gasteiger partial charge in [0.2, 0.25) is 0 Å². The van der Waals surface area contributed by atoms with Crippen molar-refractivity contribution in [2.45, 2.75) is 37.1 Å². The number of rotatable bonds is 9. The van der Waals surface area contributed by atoms with Crippen LogP contribution >= 0.6 is 11.8 Å². The number of benzene rings is 3. The lowest BCUT2D eigenvalue weighted by Gasteiger charge is -2.41. The number of para-hydroxylation sites is 2. The summed E-state index contributed by atoms with van der Waals surface area (Å²) in [6, 6.07) is 25.3. The Kier molecular flexibility index (Phi) is 9.13. The quantitative estimate of drug-likeness (QED) is 0.166. The van der Waals surface area contributed by atoms with E-state index in [1.54, 1.807) is 30.5 Å². The van der Waals surface area contributed by atoms with Gasteiger partial charge in [0.15, 0.2) is 6.29 Å². The molecule has 0 bridgehead atoms. The molecule has 0 saturated carbocycles. The molecule has 3 heterocycles. The highest BCUT2D eigenvalue weighted by Crippen LogP contribution is 2.43. The molecule has 2 aromatic heterocycles. The van der Waals surface area contributed by atoms with E-state index in [0.717, 1.165) is 16.7 Å². The van der Waals surface area contributed by atoms with Gasteiger partial charge in [0.25, 0.3) is 5.91 Å². The Bertz CT molecular complexity index is 1820. The summed E-state index contributed by atoms with van der Waals surface area (Å²) in [6.07, 6.45) is 1.64. The zero-order chi connectivity index (χ0) is 31.3. The van der Waals surface area contributed by atoms with Crippen molar-refractivity contribution in [1.29, 1.82) is 0 Å². The van der Waals surface area contributed by atoms with Gasteiger partial charge in [-0.1, -0.05) is 55.5 Å². The third kappa shape index (κ3) is 6.86. The zero-order valence-electron chi connectivity index (χ0n) is 24.2. The summed E-state index contributed by atoms with van der Waals surface area (Å²) in [5.41, 5.74) is 4.75. The number of aromatic nitrogens is 3. The second-order valence-electron chi connectivity index (χ2n) is 10.6. The van der Waals surface area contributed by atoms with E-state index in [9.17, 15) is 19.8 Å². The van der Waals surface area contributed by atoms with E-state index < -0.39 is 12.3 Å². The number of pyridine rings is 1. The highest BCUT2D eigenvalue weighted by atomic mass is 32.2. The number of hydrogen-bond donors (Lipinski definition) is 3. The number of carboxylic acids is 1. The number of nitrogens with zero attached hydrogens (tertiary/aromatic N) is 3. The molecule has 11 heteroatoms. The summed E-state index contributed by atoms with van der Waals surface area (Å²) in [5, 5.41) is 22.4. The first-order valence-electron chi connectivity index (χ1n) is 14.3. The number of aliphatic hydroxyl groups excluding tert-OH is 1. The van der Waals surface area contributed by atoms with Gasteiger partial charge in [0.1, 0.15) is 10.7 Å². The number of amides is 1. The number of nitrogens with one attached hydrogen (secondary N) is 1. The SMILES string of the molecule is C[C@H]1[C@@H](CSc2ncccc2C(=O)O)O[C@@H](c2ccc(NC(=O)c3cnc4ccccc4n3)cc2)O[C@H]1c1ccc(CO)cc1. The number of aromatic carboxylic acids is 1. The highest BCUT2D eigenvalue weighted by Gasteiger charge is 2.38. The maximum absolute atomic E-state index is 12.9. The predicted octanol–water partition coefficient (Wildman–Crippen LogP) is 6.05. The van der Waals surface area contributed by atoms with Crippen molar-refractivity contribution in [2.75, 3.05) is 11.1 Å². The van der Waals surface area contributed by atoms with Crippen LogP contribution in [0, 0.1) is 5.92 Å². The smallest absolute Gasteiger partial charge is 0.338 e. The second kappa shape index (κ2) is 13.5. The van der Waals surface area contributed by atoms with Gasteiger partial charge in [0.05, 0.1) is 41.6 Å². The molecule has 0 unspecified atom stereocenters. The fraction of sp³-hybridized carbons (Fsp3) is 0.206. The van der Waals surface area contributed by atoms with E-state index in [1.165, 1.54) is 24.0 Å². The molecular formula is C34H30N4O6S. The fourth-order valence-electron chi connectivity index (χ4n) is 5.12. The molecule has 5 aromatic rings. The molecule has 1 fully saturated rings. The Labute approximate surface area is 263 Å². The molecule has 1 aliphatic heterocycles. The van der Waals surface area contributed by atoms with Gasteiger partial charge in [-0.2, -0.15) is 0 Å². The summed E-state index contributed by atoms with van der Waals surface area (Å²) in [6.45, 7) is 1.98. The third-order valence-corrected chi connectivity index (χ3v) is 8.73. The third-order valence-electron chi connectivity index (χ3n) is 7.63. The topological polar surface area (TPSA) is 144 Å². The van der Waals surface area contributed by atoms with E-state index >= 15 is 0 Å². The standard InChI is InChI=1S/C34H30N4O6S/c1-20-29(19-45-32-25(33(41)42)5-4-16-35-32)43-34(44-30(20)22-10-8-21(18-39)9-11-22)23-12-14-24(15-13-23)37-31(40)28-17-36-26-6-2-3-7-27(26)38-28/h2-17,20,29-30,34,39H,18-19H2,1H3,(H,37,40)(H,41,42)/t20-,29+,30+,34+/m0/s1. The van der Waals surface area contributed by atoms with Crippen LogP contribution in [-0.2, 0) is 16.1 Å². The molecule has 6 rings (SSSR count). The maximum atomic E-state index is 12.9. The molecule has 0 spiro atoms. The Morgan fingerprint density at radius 3 is 2.36 bits per heavy atom. The Morgan fingerprint density at radius 1 is 0.889 bits per heavy atom. The normalized spacial score (nSPS) is 19.7. The van der Waals surface area contributed by atoms with Crippen LogP contribution in [-0.4, -0.2) is 48.9 Å². The van der Waals surface area contributed by atoms with Gasteiger partial charge in [0, 0.05) is 29.1 Å². The van der Waals surface area contributed by atoms with Crippen LogP contribution in [0.25, 0.3) is 11.0 Å². The van der Waals surface area contributed by atoms with Crippen LogP contribution in [0.4, 0.5) is 5.69 Å². The number of thioether (sulfide) groups is 1. The molecule has 1 aliphatic rings. The number of carboxylic acid groups (broad SMARTS) is 1. The van der Waals surface area contributed by atoms with Crippen molar-refractivity contribution in [3.63, 3.8) is 0 Å². The predicted molar refractivity (Wildman–Crippen MR) is 169 cm³/mol. The number of aliphatic hydroxyl groups is 1. The molecule has 228 valence electrons. The van der Waals surface area contributed by atoms with Gasteiger partial charge in [-0.3, -0.25) is 9.78 Å². The van der Waals surface area contributed by atoms with E-state index in [4.69, 9.17) is 9.47 Å². The molecule has 10 nitrogen and oxygen atoms in total. The number of fused-ring (bicyclic) bond motifs is 1. The largest absolute Gasteiger partial charge is 0.478 e. The van der Waals surface area contributed by atoms with Crippen molar-refractivity contribution in [1.82, 2.24) is 15.0 Å². The average Bonchev–Trinajstić information content (AvgIpc) is 3.08. The number of carbonyl (C=O) groups excluding carboxylic acids is 1. The molecule has 4 atom stereocenters. The monoisotopic (exact) mass is 622 g/mol. The Balaban J connectivity index is 1.21. The van der Waals surface area contributed by atoms with E-state index in [-0.39, 0.29) is 41.9 Å². The lowest BCUT2D eigenvalue weighted by molar-refractivity contribution is -0.268. The lowest BCUT2D eigenvalue weighted by Crippen LogP contribution is -2.38. The molecule has 0 aliphatic carbocycles. The van der Waals surface area contributed by atoms with E-state index in [1.807, 2.05) is 61.5 Å². The maximum Gasteiger partial charge on any atom is 0.338 e. The van der Waals surface area contributed by atoms with Gasteiger partial charge < -0.3 is 25.0 Å². The van der Waals surface area contributed by atoms with Crippen LogP contribution in [0.3, 0.4) is 0 Å². The highest BCUT2D eigenvalue weighted by molar-refractivity contribution is 7.99. The van der Waals surface area contributed by atoms with Crippen LogP contribution < -0.4 is 5.32 Å². The molecular weight excluding hydrogens is 592 g/mol. The summed E-state index contributed by atoms with van der Waals surface area (Å²) in [7, 11) is 0. The van der Waals surface area contributed by atoms with Crippen molar-refractivity contribution in [2.24, 2.45) is 5.92 Å². The minimum absolute atomic E-state index is 0.0569. The van der Waals surface area contributed by atoms with Crippen LogP contribution in [0.1, 0.15) is 56.9 Å². The first-order chi connectivity index (χ1) is 21.9. The summed E-state index contributed by atoms with van der Waals surface area (Å²) in [5.74, 6) is -1.05. The summed E-state index contributed by atoms with van der Waals surface area (Å²) >= 11 is 1.33. The van der Waals surface area contributed by atoms with Crippen molar-refractivity contribution in [3.8, 4) is 0 Å². The number of anilines is 1. The molecule has 1 saturated heterocycles. The molecule has 1 amide bonds. The Hall–Kier alpha value is -4.68. The van der Waals surface area contributed by atoms with Crippen molar-refractivity contribution >= 4 is 40.4 Å². The van der Waals surface area contributed by atoms with Gasteiger partial charge in [-0.25, -0.2) is 14.8 Å².